The topological polar surface area (TPSA) is 0 Å². The average Bonchev–Trinajstić information content (AvgIpc) is 3.15. The zero-order chi connectivity index (χ0) is 17.4. The fraction of sp³-hybridized carbons (Fsp3) is 0.520. The highest BCUT2D eigenvalue weighted by Gasteiger charge is 2.89. The summed E-state index contributed by atoms with van der Waals surface area (Å²) in [5.41, 5.74) is 3.16. The Labute approximate surface area is 169 Å². The van der Waals surface area contributed by atoms with E-state index in [-0.39, 0.29) is 4.75 Å². The van der Waals surface area contributed by atoms with Crippen molar-refractivity contribution in [3.8, 4) is 0 Å². The molecule has 1 spiro atoms. The van der Waals surface area contributed by atoms with Crippen LogP contribution >= 0.6 is 23.5 Å². The summed E-state index contributed by atoms with van der Waals surface area (Å²) < 4.78 is 0.606. The van der Waals surface area contributed by atoms with Crippen LogP contribution in [0.15, 0.2) is 60.7 Å². The fourth-order valence-electron chi connectivity index (χ4n) is 9.61. The summed E-state index contributed by atoms with van der Waals surface area (Å²) in [5, 5.41) is 1.27. The van der Waals surface area contributed by atoms with Gasteiger partial charge in [0.05, 0.1) is 4.75 Å². The van der Waals surface area contributed by atoms with Gasteiger partial charge in [-0.05, 0) is 71.3 Å². The zero-order valence-electron chi connectivity index (χ0n) is 15.3. The normalized spacial score (nSPS) is 51.4. The third-order valence-electron chi connectivity index (χ3n) is 9.79. The van der Waals surface area contributed by atoms with Crippen molar-refractivity contribution in [1.29, 1.82) is 0 Å². The van der Waals surface area contributed by atoms with E-state index in [1.54, 1.807) is 24.0 Å². The maximum atomic E-state index is 2.45. The largest absolute Gasteiger partial charge is 0.141 e. The molecule has 9 rings (SSSR count). The SMILES string of the molecule is c1ccc(C2(c3ccccc3)SCSC23C2C4CC5C6C(C4)C3C6C52)cc1. The quantitative estimate of drug-likeness (QED) is 0.630. The third kappa shape index (κ3) is 1.34. The summed E-state index contributed by atoms with van der Waals surface area (Å²) in [6.07, 6.45) is 3.16. The lowest BCUT2D eigenvalue weighted by molar-refractivity contribution is -0.187. The monoisotopic (exact) mass is 388 g/mol. The highest BCUT2D eigenvalue weighted by molar-refractivity contribution is 8.20. The van der Waals surface area contributed by atoms with Crippen molar-refractivity contribution in [2.45, 2.75) is 22.3 Å². The van der Waals surface area contributed by atoms with Crippen LogP contribution in [0.25, 0.3) is 0 Å². The second-order valence-electron chi connectivity index (χ2n) is 9.96. The summed E-state index contributed by atoms with van der Waals surface area (Å²) in [4.78, 5) is 0. The van der Waals surface area contributed by atoms with Gasteiger partial charge in [0.15, 0.2) is 0 Å². The van der Waals surface area contributed by atoms with E-state index in [4.69, 9.17) is 0 Å². The van der Waals surface area contributed by atoms with E-state index in [0.29, 0.717) is 4.75 Å². The van der Waals surface area contributed by atoms with Gasteiger partial charge in [0, 0.05) is 9.83 Å². The molecule has 2 heteroatoms. The molecule has 0 amide bonds. The van der Waals surface area contributed by atoms with Crippen LogP contribution in [0, 0.1) is 47.3 Å². The van der Waals surface area contributed by atoms with E-state index >= 15 is 0 Å². The molecule has 6 saturated carbocycles. The third-order valence-corrected chi connectivity index (χ3v) is 13.4. The van der Waals surface area contributed by atoms with Gasteiger partial charge in [0.2, 0.25) is 0 Å². The van der Waals surface area contributed by atoms with E-state index in [0.717, 1.165) is 47.3 Å². The number of rotatable bonds is 2. The second-order valence-corrected chi connectivity index (χ2v) is 12.8. The Morgan fingerprint density at radius 2 is 1.33 bits per heavy atom. The van der Waals surface area contributed by atoms with E-state index in [9.17, 15) is 0 Å². The van der Waals surface area contributed by atoms with Crippen LogP contribution in [0.2, 0.25) is 0 Å². The molecule has 27 heavy (non-hydrogen) atoms. The van der Waals surface area contributed by atoms with Gasteiger partial charge in [0.1, 0.15) is 0 Å². The maximum absolute atomic E-state index is 2.45. The van der Waals surface area contributed by atoms with Crippen molar-refractivity contribution in [2.24, 2.45) is 47.3 Å². The molecule has 7 aliphatic rings. The first kappa shape index (κ1) is 15.0. The Morgan fingerprint density at radius 1 is 0.667 bits per heavy atom. The first-order chi connectivity index (χ1) is 13.4. The summed E-state index contributed by atoms with van der Waals surface area (Å²) in [6.45, 7) is 0. The number of benzene rings is 2. The molecule has 7 fully saturated rings. The van der Waals surface area contributed by atoms with Crippen molar-refractivity contribution >= 4 is 23.5 Å². The van der Waals surface area contributed by atoms with E-state index in [1.165, 1.54) is 5.08 Å². The lowest BCUT2D eigenvalue weighted by Gasteiger charge is -2.69. The molecule has 0 radical (unpaired) electrons. The zero-order valence-corrected chi connectivity index (χ0v) is 17.0. The lowest BCUT2D eigenvalue weighted by Crippen LogP contribution is -2.68. The Hall–Kier alpha value is -0.860. The molecule has 5 bridgehead atoms. The van der Waals surface area contributed by atoms with Crippen molar-refractivity contribution in [3.05, 3.63) is 71.8 Å². The van der Waals surface area contributed by atoms with Crippen molar-refractivity contribution in [1.82, 2.24) is 0 Å². The minimum atomic E-state index is 0.156. The van der Waals surface area contributed by atoms with Gasteiger partial charge in [-0.25, -0.2) is 0 Å². The minimum absolute atomic E-state index is 0.156. The second kappa shape index (κ2) is 4.65. The summed E-state index contributed by atoms with van der Waals surface area (Å²) in [6, 6.07) is 23.3. The molecule has 2 aromatic carbocycles. The first-order valence-electron chi connectivity index (χ1n) is 10.8. The molecule has 136 valence electrons. The number of hydrogen-bond acceptors (Lipinski definition) is 2. The molecule has 0 aromatic heterocycles. The predicted octanol–water partition coefficient (Wildman–Crippen LogP) is 5.88. The van der Waals surface area contributed by atoms with Crippen LogP contribution in [0.1, 0.15) is 24.0 Å². The molecular formula is C25H24S2. The van der Waals surface area contributed by atoms with Gasteiger partial charge < -0.3 is 0 Å². The Balaban J connectivity index is 1.44. The fourth-order valence-corrected chi connectivity index (χ4v) is 14.3. The van der Waals surface area contributed by atoms with Crippen molar-refractivity contribution in [2.75, 3.05) is 5.08 Å². The molecule has 9 unspecified atom stereocenters. The number of hydrogen-bond donors (Lipinski definition) is 0. The number of thioether (sulfide) groups is 2. The Kier molecular flexibility index (Phi) is 2.59. The molecule has 2 aromatic rings. The molecule has 9 atom stereocenters. The molecule has 6 aliphatic carbocycles. The van der Waals surface area contributed by atoms with Crippen LogP contribution in [0.5, 0.6) is 0 Å². The standard InChI is InChI=1S/C25H24S2/c1-3-7-15(8-4-1)24(16-9-5-2-6-10-16)25(27-13-26-24)22-14-11-17-19-18(12-14)23(25)21(19)20(17)22/h1-10,14,17-23H,11-13H2. The van der Waals surface area contributed by atoms with Crippen molar-refractivity contribution < 1.29 is 0 Å². The van der Waals surface area contributed by atoms with Gasteiger partial charge in [-0.1, -0.05) is 60.7 Å². The van der Waals surface area contributed by atoms with E-state index < -0.39 is 0 Å². The first-order valence-corrected chi connectivity index (χ1v) is 12.7. The summed E-state index contributed by atoms with van der Waals surface area (Å²) in [5.74, 6) is 8.50. The summed E-state index contributed by atoms with van der Waals surface area (Å²) in [7, 11) is 0. The molecule has 1 aliphatic heterocycles. The molecule has 0 nitrogen and oxygen atoms in total. The van der Waals surface area contributed by atoms with Crippen LogP contribution in [-0.4, -0.2) is 9.83 Å². The lowest BCUT2D eigenvalue weighted by atomic mass is 9.37. The molecule has 1 saturated heterocycles. The van der Waals surface area contributed by atoms with Gasteiger partial charge in [-0.15, -0.1) is 23.5 Å². The Morgan fingerprint density at radius 3 is 2.04 bits per heavy atom. The van der Waals surface area contributed by atoms with Crippen molar-refractivity contribution in [3.63, 3.8) is 0 Å². The Bertz CT molecular complexity index is 894. The highest BCUT2D eigenvalue weighted by atomic mass is 32.2. The summed E-state index contributed by atoms with van der Waals surface area (Å²) >= 11 is 4.67. The average molecular weight is 389 g/mol. The van der Waals surface area contributed by atoms with Gasteiger partial charge in [-0.2, -0.15) is 0 Å². The maximum Gasteiger partial charge on any atom is 0.0817 e. The van der Waals surface area contributed by atoms with Crippen LogP contribution < -0.4 is 0 Å². The van der Waals surface area contributed by atoms with E-state index in [2.05, 4.69) is 84.2 Å². The molecule has 1 heterocycles. The van der Waals surface area contributed by atoms with Crippen LogP contribution in [-0.2, 0) is 4.75 Å². The van der Waals surface area contributed by atoms with Crippen LogP contribution in [0.4, 0.5) is 0 Å². The van der Waals surface area contributed by atoms with Crippen LogP contribution in [0.3, 0.4) is 0 Å². The molecular weight excluding hydrogens is 364 g/mol. The van der Waals surface area contributed by atoms with E-state index in [1.807, 2.05) is 0 Å². The minimum Gasteiger partial charge on any atom is -0.141 e. The highest BCUT2D eigenvalue weighted by Crippen LogP contribution is 2.92. The smallest absolute Gasteiger partial charge is 0.0817 e. The van der Waals surface area contributed by atoms with Gasteiger partial charge >= 0.3 is 0 Å². The van der Waals surface area contributed by atoms with Gasteiger partial charge in [-0.3, -0.25) is 0 Å². The predicted molar refractivity (Wildman–Crippen MR) is 114 cm³/mol. The molecule has 0 N–H and O–H groups in total. The van der Waals surface area contributed by atoms with Gasteiger partial charge in [0.25, 0.3) is 0 Å².